The molecule has 18 heavy (non-hydrogen) atoms. The summed E-state index contributed by atoms with van der Waals surface area (Å²) in [6.45, 7) is 9.62. The topological polar surface area (TPSA) is 40.5 Å². The van der Waals surface area contributed by atoms with Crippen LogP contribution in [0.5, 0.6) is 0 Å². The molecule has 1 rings (SSSR count). The fourth-order valence-electron chi connectivity index (χ4n) is 2.40. The first-order valence-electron chi connectivity index (χ1n) is 6.53. The first-order valence-corrected chi connectivity index (χ1v) is 6.53. The maximum Gasteiger partial charge on any atom is 0.321 e. The highest BCUT2D eigenvalue weighted by Crippen LogP contribution is 2.17. The monoisotopic (exact) mass is 249 g/mol. The van der Waals surface area contributed by atoms with Crippen molar-refractivity contribution < 1.29 is 9.90 Å². The van der Waals surface area contributed by atoms with E-state index in [0.717, 1.165) is 18.7 Å². The van der Waals surface area contributed by atoms with Crippen molar-refractivity contribution in [3.63, 3.8) is 0 Å². The molecule has 3 heteroatoms. The fourth-order valence-corrected chi connectivity index (χ4v) is 2.40. The molecule has 0 unspecified atom stereocenters. The van der Waals surface area contributed by atoms with E-state index in [0.29, 0.717) is 6.42 Å². The molecule has 0 aliphatic rings. The summed E-state index contributed by atoms with van der Waals surface area (Å²) in [6.07, 6.45) is 0.579. The van der Waals surface area contributed by atoms with Gasteiger partial charge in [0.25, 0.3) is 0 Å². The second-order valence-electron chi connectivity index (χ2n) is 4.65. The van der Waals surface area contributed by atoms with Crippen LogP contribution in [0.1, 0.15) is 30.5 Å². The number of hydrogen-bond donors (Lipinski definition) is 1. The van der Waals surface area contributed by atoms with Crippen molar-refractivity contribution in [2.45, 2.75) is 40.2 Å². The number of carbonyl (C=O) groups is 1. The Morgan fingerprint density at radius 3 is 2.11 bits per heavy atom. The highest BCUT2D eigenvalue weighted by atomic mass is 16.4. The first kappa shape index (κ1) is 14.7. The van der Waals surface area contributed by atoms with Gasteiger partial charge in [0.2, 0.25) is 0 Å². The quantitative estimate of drug-likeness (QED) is 0.842. The van der Waals surface area contributed by atoms with Crippen molar-refractivity contribution in [2.24, 2.45) is 0 Å². The third-order valence-corrected chi connectivity index (χ3v) is 3.58. The highest BCUT2D eigenvalue weighted by molar-refractivity contribution is 5.74. The summed E-state index contributed by atoms with van der Waals surface area (Å²) in [7, 11) is 0. The summed E-state index contributed by atoms with van der Waals surface area (Å²) >= 11 is 0. The zero-order chi connectivity index (χ0) is 13.7. The molecule has 1 aromatic rings. The number of benzene rings is 1. The third-order valence-electron chi connectivity index (χ3n) is 3.58. The number of likely N-dealkylation sites (N-methyl/N-ethyl adjacent to an activating group) is 1. The van der Waals surface area contributed by atoms with E-state index < -0.39 is 12.0 Å². The van der Waals surface area contributed by atoms with Crippen LogP contribution in [0, 0.1) is 13.8 Å². The molecule has 0 aliphatic heterocycles. The molecule has 0 fully saturated rings. The molecule has 1 atom stereocenters. The fraction of sp³-hybridized carbons (Fsp3) is 0.533. The molecule has 100 valence electrons. The average Bonchev–Trinajstić information content (AvgIpc) is 2.32. The Morgan fingerprint density at radius 1 is 1.22 bits per heavy atom. The van der Waals surface area contributed by atoms with Crippen LogP contribution in [0.3, 0.4) is 0 Å². The lowest BCUT2D eigenvalue weighted by molar-refractivity contribution is -0.143. The Kier molecular flexibility index (Phi) is 5.35. The maximum atomic E-state index is 11.4. The number of carboxylic acids is 1. The van der Waals surface area contributed by atoms with Crippen molar-refractivity contribution >= 4 is 5.97 Å². The smallest absolute Gasteiger partial charge is 0.321 e. The number of rotatable bonds is 6. The normalized spacial score (nSPS) is 12.7. The van der Waals surface area contributed by atoms with E-state index in [-0.39, 0.29) is 0 Å². The van der Waals surface area contributed by atoms with Crippen LogP contribution < -0.4 is 0 Å². The van der Waals surface area contributed by atoms with Gasteiger partial charge in [0.05, 0.1) is 0 Å². The maximum absolute atomic E-state index is 11.4. The van der Waals surface area contributed by atoms with Gasteiger partial charge < -0.3 is 5.11 Å². The molecular weight excluding hydrogens is 226 g/mol. The van der Waals surface area contributed by atoms with Gasteiger partial charge in [-0.1, -0.05) is 32.0 Å². The van der Waals surface area contributed by atoms with Gasteiger partial charge in [-0.25, -0.2) is 0 Å². The molecule has 0 aliphatic carbocycles. The van der Waals surface area contributed by atoms with Gasteiger partial charge in [-0.3, -0.25) is 9.69 Å². The van der Waals surface area contributed by atoms with Gasteiger partial charge in [-0.15, -0.1) is 0 Å². The Hall–Kier alpha value is -1.35. The molecule has 0 radical (unpaired) electrons. The number of hydrogen-bond acceptors (Lipinski definition) is 2. The minimum absolute atomic E-state index is 0.431. The largest absolute Gasteiger partial charge is 0.480 e. The molecule has 3 nitrogen and oxygen atoms in total. The van der Waals surface area contributed by atoms with Crippen LogP contribution in [0.2, 0.25) is 0 Å². The number of aliphatic carboxylic acids is 1. The van der Waals surface area contributed by atoms with Crippen LogP contribution in [-0.4, -0.2) is 35.1 Å². The molecule has 0 saturated carbocycles. The summed E-state index contributed by atoms with van der Waals surface area (Å²) in [4.78, 5) is 13.4. The summed E-state index contributed by atoms with van der Waals surface area (Å²) < 4.78 is 0. The Bertz CT molecular complexity index is 391. The minimum Gasteiger partial charge on any atom is -0.480 e. The van der Waals surface area contributed by atoms with Crippen LogP contribution in [-0.2, 0) is 11.2 Å². The van der Waals surface area contributed by atoms with E-state index in [2.05, 4.69) is 0 Å². The predicted octanol–water partition coefficient (Wildman–Crippen LogP) is 2.64. The highest BCUT2D eigenvalue weighted by Gasteiger charge is 2.24. The van der Waals surface area contributed by atoms with Crippen LogP contribution >= 0.6 is 0 Å². The molecule has 0 heterocycles. The standard InChI is InChI=1S/C15H23NO2/c1-5-16(6-2)14(15(17)18)10-13-11(3)8-7-9-12(13)4/h7-9,14H,5-6,10H2,1-4H3,(H,17,18)/t14-/m1/s1. The summed E-state index contributed by atoms with van der Waals surface area (Å²) in [5.41, 5.74) is 3.51. The molecule has 0 spiro atoms. The van der Waals surface area contributed by atoms with E-state index in [1.54, 1.807) is 0 Å². The van der Waals surface area contributed by atoms with Crippen LogP contribution in [0.4, 0.5) is 0 Å². The van der Waals surface area contributed by atoms with Gasteiger partial charge in [-0.2, -0.15) is 0 Å². The zero-order valence-corrected chi connectivity index (χ0v) is 11.7. The van der Waals surface area contributed by atoms with Crippen molar-refractivity contribution in [1.82, 2.24) is 4.90 Å². The zero-order valence-electron chi connectivity index (χ0n) is 11.7. The van der Waals surface area contributed by atoms with Crippen LogP contribution in [0.25, 0.3) is 0 Å². The molecule has 0 aromatic heterocycles. The predicted molar refractivity (Wildman–Crippen MR) is 74.0 cm³/mol. The Balaban J connectivity index is 3.00. The molecule has 1 N–H and O–H groups in total. The summed E-state index contributed by atoms with van der Waals surface area (Å²) in [5.74, 6) is -0.735. The van der Waals surface area contributed by atoms with E-state index in [4.69, 9.17) is 0 Å². The van der Waals surface area contributed by atoms with Crippen molar-refractivity contribution in [3.05, 3.63) is 34.9 Å². The van der Waals surface area contributed by atoms with Gasteiger partial charge in [0.15, 0.2) is 0 Å². The second-order valence-corrected chi connectivity index (χ2v) is 4.65. The minimum atomic E-state index is -0.735. The second kappa shape index (κ2) is 6.55. The molecule has 0 bridgehead atoms. The van der Waals surface area contributed by atoms with Crippen LogP contribution in [0.15, 0.2) is 18.2 Å². The lowest BCUT2D eigenvalue weighted by Gasteiger charge is -2.27. The van der Waals surface area contributed by atoms with E-state index in [1.807, 2.05) is 50.8 Å². The summed E-state index contributed by atoms with van der Waals surface area (Å²) in [5, 5.41) is 9.41. The number of aryl methyl sites for hydroxylation is 2. The van der Waals surface area contributed by atoms with Crippen molar-refractivity contribution in [1.29, 1.82) is 0 Å². The summed E-state index contributed by atoms with van der Waals surface area (Å²) in [6, 6.07) is 5.67. The number of carboxylic acid groups (broad SMARTS) is 1. The van der Waals surface area contributed by atoms with E-state index in [9.17, 15) is 9.90 Å². The van der Waals surface area contributed by atoms with Gasteiger partial charge in [0.1, 0.15) is 6.04 Å². The molecule has 0 amide bonds. The molecular formula is C15H23NO2. The third kappa shape index (κ3) is 3.33. The first-order chi connectivity index (χ1) is 8.51. The van der Waals surface area contributed by atoms with Crippen molar-refractivity contribution in [2.75, 3.05) is 13.1 Å². The van der Waals surface area contributed by atoms with Gasteiger partial charge >= 0.3 is 5.97 Å². The van der Waals surface area contributed by atoms with E-state index >= 15 is 0 Å². The van der Waals surface area contributed by atoms with Gasteiger partial charge in [0, 0.05) is 0 Å². The van der Waals surface area contributed by atoms with E-state index in [1.165, 1.54) is 11.1 Å². The van der Waals surface area contributed by atoms with Gasteiger partial charge in [-0.05, 0) is 50.0 Å². The Morgan fingerprint density at radius 2 is 1.72 bits per heavy atom. The Labute approximate surface area is 109 Å². The lowest BCUT2D eigenvalue weighted by Crippen LogP contribution is -2.42. The SMILES string of the molecule is CCN(CC)[C@H](Cc1c(C)cccc1C)C(=O)O. The molecule has 0 saturated heterocycles. The van der Waals surface area contributed by atoms with Crippen molar-refractivity contribution in [3.8, 4) is 0 Å². The average molecular weight is 249 g/mol. The molecule has 1 aromatic carbocycles. The number of nitrogens with zero attached hydrogens (tertiary/aromatic N) is 1. The lowest BCUT2D eigenvalue weighted by atomic mass is 9.95.